The van der Waals surface area contributed by atoms with Crippen LogP contribution in [0.1, 0.15) is 37.0 Å². The zero-order valence-corrected chi connectivity index (χ0v) is 11.2. The van der Waals surface area contributed by atoms with Crippen molar-refractivity contribution in [2.24, 2.45) is 5.92 Å². The first-order valence-electron chi connectivity index (χ1n) is 6.64. The molecule has 0 aliphatic carbocycles. The summed E-state index contributed by atoms with van der Waals surface area (Å²) in [6.45, 7) is 5.18. The molecule has 0 N–H and O–H groups in total. The van der Waals surface area contributed by atoms with E-state index in [4.69, 9.17) is 0 Å². The number of piperidine rings is 1. The van der Waals surface area contributed by atoms with E-state index in [-0.39, 0.29) is 5.91 Å². The predicted molar refractivity (Wildman–Crippen MR) is 69.7 cm³/mol. The van der Waals surface area contributed by atoms with Gasteiger partial charge in [-0.2, -0.15) is 4.52 Å². The molecule has 0 radical (unpaired) electrons. The average molecular weight is 259 g/mol. The molecule has 2 atom stereocenters. The molecule has 0 spiro atoms. The van der Waals surface area contributed by atoms with Gasteiger partial charge in [-0.15, -0.1) is 5.10 Å². The molecule has 19 heavy (non-hydrogen) atoms. The molecule has 1 fully saturated rings. The van der Waals surface area contributed by atoms with Gasteiger partial charge in [0.05, 0.1) is 5.56 Å². The second kappa shape index (κ2) is 4.60. The lowest BCUT2D eigenvalue weighted by molar-refractivity contribution is 0.0588. The van der Waals surface area contributed by atoms with Crippen molar-refractivity contribution in [3.63, 3.8) is 0 Å². The van der Waals surface area contributed by atoms with Gasteiger partial charge in [-0.25, -0.2) is 0 Å². The van der Waals surface area contributed by atoms with Crippen LogP contribution in [0.4, 0.5) is 0 Å². The van der Waals surface area contributed by atoms with Crippen molar-refractivity contribution >= 4 is 11.6 Å². The summed E-state index contributed by atoms with van der Waals surface area (Å²) >= 11 is 0. The van der Waals surface area contributed by atoms with Crippen molar-refractivity contribution in [1.82, 2.24) is 24.9 Å². The van der Waals surface area contributed by atoms with E-state index in [2.05, 4.69) is 29.4 Å². The number of aromatic nitrogens is 4. The maximum Gasteiger partial charge on any atom is 0.255 e. The van der Waals surface area contributed by atoms with Crippen molar-refractivity contribution in [1.29, 1.82) is 0 Å². The summed E-state index contributed by atoms with van der Waals surface area (Å²) in [5.74, 6) is 0.762. The Balaban J connectivity index is 1.86. The molecule has 2 unspecified atom stereocenters. The van der Waals surface area contributed by atoms with Crippen molar-refractivity contribution in [2.45, 2.75) is 32.7 Å². The normalized spacial score (nSPS) is 23.8. The first-order valence-corrected chi connectivity index (χ1v) is 6.64. The van der Waals surface area contributed by atoms with Crippen LogP contribution < -0.4 is 0 Å². The highest BCUT2D eigenvalue weighted by atomic mass is 16.2. The minimum Gasteiger partial charge on any atom is -0.336 e. The molecule has 1 aliphatic heterocycles. The van der Waals surface area contributed by atoms with E-state index in [1.165, 1.54) is 4.52 Å². The van der Waals surface area contributed by atoms with Gasteiger partial charge in [0.1, 0.15) is 0 Å². The lowest BCUT2D eigenvalue weighted by atomic mass is 9.93. The molecule has 3 rings (SSSR count). The quantitative estimate of drug-likeness (QED) is 0.776. The molecule has 0 bridgehead atoms. The van der Waals surface area contributed by atoms with Crippen molar-refractivity contribution in [2.75, 3.05) is 6.54 Å². The van der Waals surface area contributed by atoms with Crippen LogP contribution in [0.15, 0.2) is 18.3 Å². The third-order valence-corrected chi connectivity index (χ3v) is 3.84. The number of rotatable bonds is 1. The number of likely N-dealkylation sites (tertiary alicyclic amines) is 1. The molecule has 2 aromatic heterocycles. The fourth-order valence-electron chi connectivity index (χ4n) is 2.74. The fraction of sp³-hybridized carbons (Fsp3) is 0.538. The predicted octanol–water partition coefficient (Wildman–Crippen LogP) is 1.38. The third-order valence-electron chi connectivity index (χ3n) is 3.84. The summed E-state index contributed by atoms with van der Waals surface area (Å²) in [6.07, 6.45) is 3.84. The van der Waals surface area contributed by atoms with Gasteiger partial charge >= 0.3 is 0 Å². The second-order valence-corrected chi connectivity index (χ2v) is 5.38. The van der Waals surface area contributed by atoms with E-state index in [1.54, 1.807) is 18.3 Å². The molecule has 0 aromatic carbocycles. The van der Waals surface area contributed by atoms with Crippen LogP contribution in [-0.2, 0) is 0 Å². The van der Waals surface area contributed by atoms with E-state index < -0.39 is 0 Å². The molecular formula is C13H17N5O. The first-order chi connectivity index (χ1) is 9.15. The van der Waals surface area contributed by atoms with Crippen LogP contribution in [0.3, 0.4) is 0 Å². The minimum atomic E-state index is 0.0665. The highest BCUT2D eigenvalue weighted by molar-refractivity contribution is 5.94. The molecule has 2 aromatic rings. The van der Waals surface area contributed by atoms with Crippen molar-refractivity contribution in [3.05, 3.63) is 23.9 Å². The van der Waals surface area contributed by atoms with E-state index in [0.717, 1.165) is 19.4 Å². The van der Waals surface area contributed by atoms with Crippen LogP contribution in [0.5, 0.6) is 0 Å². The van der Waals surface area contributed by atoms with Gasteiger partial charge in [-0.3, -0.25) is 4.79 Å². The molecule has 6 heteroatoms. The van der Waals surface area contributed by atoms with E-state index in [0.29, 0.717) is 23.2 Å². The Morgan fingerprint density at radius 1 is 1.37 bits per heavy atom. The van der Waals surface area contributed by atoms with Gasteiger partial charge in [0.25, 0.3) is 5.91 Å². The van der Waals surface area contributed by atoms with Crippen molar-refractivity contribution in [3.8, 4) is 0 Å². The molecule has 1 amide bonds. The minimum absolute atomic E-state index is 0.0665. The Bertz CT molecular complexity index is 608. The summed E-state index contributed by atoms with van der Waals surface area (Å²) in [6, 6.07) is 3.85. The number of amides is 1. The van der Waals surface area contributed by atoms with E-state index in [1.807, 2.05) is 4.90 Å². The second-order valence-electron chi connectivity index (χ2n) is 5.38. The SMILES string of the molecule is CC1CCN(C(=O)c2ccc3nnnn3c2)C(C)C1. The summed E-state index contributed by atoms with van der Waals surface area (Å²) < 4.78 is 1.53. The Labute approximate surface area is 111 Å². The van der Waals surface area contributed by atoms with Gasteiger partial charge in [0.2, 0.25) is 0 Å². The highest BCUT2D eigenvalue weighted by Gasteiger charge is 2.27. The maximum absolute atomic E-state index is 12.5. The zero-order chi connectivity index (χ0) is 13.4. The highest BCUT2D eigenvalue weighted by Crippen LogP contribution is 2.23. The van der Waals surface area contributed by atoms with E-state index >= 15 is 0 Å². The van der Waals surface area contributed by atoms with Crippen LogP contribution in [0.25, 0.3) is 5.65 Å². The molecule has 0 saturated carbocycles. The summed E-state index contributed by atoms with van der Waals surface area (Å²) in [5, 5.41) is 11.2. The lowest BCUT2D eigenvalue weighted by Gasteiger charge is -2.36. The van der Waals surface area contributed by atoms with Gasteiger partial charge in [0, 0.05) is 18.8 Å². The largest absolute Gasteiger partial charge is 0.336 e. The first kappa shape index (κ1) is 12.1. The molecule has 1 aliphatic rings. The van der Waals surface area contributed by atoms with Crippen LogP contribution in [0, 0.1) is 5.92 Å². The molecule has 100 valence electrons. The molecular weight excluding hydrogens is 242 g/mol. The Morgan fingerprint density at radius 3 is 3.00 bits per heavy atom. The number of fused-ring (bicyclic) bond motifs is 1. The number of tetrazole rings is 1. The zero-order valence-electron chi connectivity index (χ0n) is 11.2. The van der Waals surface area contributed by atoms with Gasteiger partial charge < -0.3 is 4.90 Å². The maximum atomic E-state index is 12.5. The monoisotopic (exact) mass is 259 g/mol. The fourth-order valence-corrected chi connectivity index (χ4v) is 2.74. The number of nitrogens with zero attached hydrogens (tertiary/aromatic N) is 5. The third kappa shape index (κ3) is 2.18. The number of pyridine rings is 1. The summed E-state index contributed by atoms with van der Waals surface area (Å²) in [7, 11) is 0. The Kier molecular flexibility index (Phi) is 2.93. The number of carbonyl (C=O) groups is 1. The molecule has 1 saturated heterocycles. The number of hydrogen-bond donors (Lipinski definition) is 0. The molecule has 3 heterocycles. The topological polar surface area (TPSA) is 63.4 Å². The molecule has 6 nitrogen and oxygen atoms in total. The van der Waals surface area contributed by atoms with Crippen LogP contribution >= 0.6 is 0 Å². The van der Waals surface area contributed by atoms with Gasteiger partial charge in [-0.1, -0.05) is 6.92 Å². The number of carbonyl (C=O) groups excluding carboxylic acids is 1. The lowest BCUT2D eigenvalue weighted by Crippen LogP contribution is -2.44. The number of hydrogen-bond acceptors (Lipinski definition) is 4. The summed E-state index contributed by atoms with van der Waals surface area (Å²) in [4.78, 5) is 14.5. The van der Waals surface area contributed by atoms with Gasteiger partial charge in [-0.05, 0) is 48.2 Å². The van der Waals surface area contributed by atoms with Crippen molar-refractivity contribution < 1.29 is 4.79 Å². The van der Waals surface area contributed by atoms with E-state index in [9.17, 15) is 4.79 Å². The smallest absolute Gasteiger partial charge is 0.255 e. The Hall–Kier alpha value is -1.98. The average Bonchev–Trinajstić information content (AvgIpc) is 2.85. The standard InChI is InChI=1S/C13H17N5O/c1-9-5-6-17(10(2)7-9)13(19)11-3-4-12-14-15-16-18(12)8-11/h3-4,8-10H,5-7H2,1-2H3. The summed E-state index contributed by atoms with van der Waals surface area (Å²) in [5.41, 5.74) is 1.29. The Morgan fingerprint density at radius 2 is 2.21 bits per heavy atom. The van der Waals surface area contributed by atoms with Crippen LogP contribution in [0.2, 0.25) is 0 Å². The van der Waals surface area contributed by atoms with Gasteiger partial charge in [0.15, 0.2) is 5.65 Å². The van der Waals surface area contributed by atoms with Crippen LogP contribution in [-0.4, -0.2) is 43.4 Å².